The van der Waals surface area contributed by atoms with Crippen LogP contribution >= 0.6 is 0 Å². The summed E-state index contributed by atoms with van der Waals surface area (Å²) in [6.45, 7) is 2.87. The van der Waals surface area contributed by atoms with Crippen LogP contribution in [0.15, 0.2) is 60.7 Å². The predicted molar refractivity (Wildman–Crippen MR) is 117 cm³/mol. The first kappa shape index (κ1) is 21.8. The molecule has 2 amide bonds. The van der Waals surface area contributed by atoms with Gasteiger partial charge in [-0.25, -0.2) is 4.79 Å². The standard InChI is InChI=1S/C24H31N3O3/c28-23-18-22(21-12-5-2-6-13-21)25-15-9-17-27(16-8-7-14-26-23)24(29)30-19-20-10-3-1-4-11-20/h1-6,10-13,22,25H,7-9,14-19H2,(H,26,28)/t22-/m0/s1. The zero-order valence-electron chi connectivity index (χ0n) is 17.4. The molecular weight excluding hydrogens is 378 g/mol. The molecule has 6 heteroatoms. The van der Waals surface area contributed by atoms with E-state index in [1.807, 2.05) is 60.7 Å². The van der Waals surface area contributed by atoms with E-state index >= 15 is 0 Å². The predicted octanol–water partition coefficient (Wildman–Crippen LogP) is 3.65. The lowest BCUT2D eigenvalue weighted by molar-refractivity contribution is -0.121. The molecule has 3 rings (SSSR count). The lowest BCUT2D eigenvalue weighted by Crippen LogP contribution is -2.35. The molecule has 1 atom stereocenters. The van der Waals surface area contributed by atoms with Gasteiger partial charge in [0.2, 0.25) is 5.91 Å². The van der Waals surface area contributed by atoms with E-state index in [-0.39, 0.29) is 24.6 Å². The second kappa shape index (κ2) is 12.0. The summed E-state index contributed by atoms with van der Waals surface area (Å²) < 4.78 is 5.52. The molecule has 2 aromatic carbocycles. The highest BCUT2D eigenvalue weighted by Crippen LogP contribution is 2.17. The first-order valence-corrected chi connectivity index (χ1v) is 10.7. The molecule has 0 bridgehead atoms. The number of hydrogen-bond donors (Lipinski definition) is 2. The number of carbonyl (C=O) groups is 2. The number of ether oxygens (including phenoxy) is 1. The van der Waals surface area contributed by atoms with Crippen LogP contribution in [-0.2, 0) is 16.1 Å². The quantitative estimate of drug-likeness (QED) is 0.812. The van der Waals surface area contributed by atoms with Crippen molar-refractivity contribution in [3.8, 4) is 0 Å². The minimum atomic E-state index is -0.280. The molecule has 30 heavy (non-hydrogen) atoms. The van der Waals surface area contributed by atoms with Gasteiger partial charge in [-0.05, 0) is 36.9 Å². The summed E-state index contributed by atoms with van der Waals surface area (Å²) in [6, 6.07) is 19.7. The fourth-order valence-corrected chi connectivity index (χ4v) is 3.56. The number of carbonyl (C=O) groups excluding carboxylic acids is 2. The molecule has 1 fully saturated rings. The minimum absolute atomic E-state index is 0.0366. The molecule has 0 aromatic heterocycles. The van der Waals surface area contributed by atoms with Crippen molar-refractivity contribution in [3.05, 3.63) is 71.8 Å². The number of hydrogen-bond acceptors (Lipinski definition) is 4. The highest BCUT2D eigenvalue weighted by Gasteiger charge is 2.18. The fraction of sp³-hybridized carbons (Fsp3) is 0.417. The largest absolute Gasteiger partial charge is 0.445 e. The SMILES string of the molecule is O=C1C[C@@H](c2ccccc2)NCCCN(C(=O)OCc2ccccc2)CCCCN1. The highest BCUT2D eigenvalue weighted by molar-refractivity contribution is 5.76. The monoisotopic (exact) mass is 409 g/mol. The maximum Gasteiger partial charge on any atom is 0.410 e. The average molecular weight is 410 g/mol. The molecule has 1 heterocycles. The Hall–Kier alpha value is -2.86. The zero-order valence-corrected chi connectivity index (χ0v) is 17.4. The summed E-state index contributed by atoms with van der Waals surface area (Å²) in [6.07, 6.45) is 2.59. The first-order valence-electron chi connectivity index (χ1n) is 10.7. The first-order chi connectivity index (χ1) is 14.7. The molecular formula is C24H31N3O3. The van der Waals surface area contributed by atoms with Gasteiger partial charge in [0.1, 0.15) is 6.61 Å². The van der Waals surface area contributed by atoms with E-state index in [1.165, 1.54) is 0 Å². The van der Waals surface area contributed by atoms with Crippen molar-refractivity contribution >= 4 is 12.0 Å². The third kappa shape index (κ3) is 7.19. The van der Waals surface area contributed by atoms with Gasteiger partial charge in [0.15, 0.2) is 0 Å². The van der Waals surface area contributed by atoms with Crippen LogP contribution in [0.4, 0.5) is 4.79 Å². The summed E-state index contributed by atoms with van der Waals surface area (Å²) >= 11 is 0. The van der Waals surface area contributed by atoms with Crippen molar-refractivity contribution in [2.45, 2.75) is 38.3 Å². The Morgan fingerprint density at radius 2 is 1.63 bits per heavy atom. The van der Waals surface area contributed by atoms with Crippen molar-refractivity contribution in [2.75, 3.05) is 26.2 Å². The Labute approximate surface area is 178 Å². The minimum Gasteiger partial charge on any atom is -0.445 e. The Bertz CT molecular complexity index is 783. The number of nitrogens with one attached hydrogen (secondary N) is 2. The van der Waals surface area contributed by atoms with E-state index in [0.717, 1.165) is 36.9 Å². The van der Waals surface area contributed by atoms with Crippen molar-refractivity contribution < 1.29 is 14.3 Å². The summed E-state index contributed by atoms with van der Waals surface area (Å²) in [5.74, 6) is 0.0507. The van der Waals surface area contributed by atoms with Gasteiger partial charge in [-0.3, -0.25) is 4.79 Å². The summed E-state index contributed by atoms with van der Waals surface area (Å²) in [5, 5.41) is 6.48. The van der Waals surface area contributed by atoms with Crippen molar-refractivity contribution in [3.63, 3.8) is 0 Å². The van der Waals surface area contributed by atoms with Gasteiger partial charge in [-0.2, -0.15) is 0 Å². The smallest absolute Gasteiger partial charge is 0.410 e. The summed E-state index contributed by atoms with van der Waals surface area (Å²) in [5.41, 5.74) is 2.08. The van der Waals surface area contributed by atoms with Crippen LogP contribution in [0.3, 0.4) is 0 Å². The number of nitrogens with zero attached hydrogens (tertiary/aromatic N) is 1. The van der Waals surface area contributed by atoms with Crippen molar-refractivity contribution in [2.24, 2.45) is 0 Å². The van der Waals surface area contributed by atoms with Crippen LogP contribution in [0.2, 0.25) is 0 Å². The Balaban J connectivity index is 1.57. The third-order valence-corrected chi connectivity index (χ3v) is 5.23. The molecule has 0 radical (unpaired) electrons. The van der Waals surface area contributed by atoms with E-state index in [0.29, 0.717) is 26.1 Å². The second-order valence-electron chi connectivity index (χ2n) is 7.56. The van der Waals surface area contributed by atoms with Gasteiger partial charge in [0.25, 0.3) is 0 Å². The molecule has 0 spiro atoms. The Morgan fingerprint density at radius 3 is 2.40 bits per heavy atom. The summed E-state index contributed by atoms with van der Waals surface area (Å²) in [4.78, 5) is 26.7. The average Bonchev–Trinajstić information content (AvgIpc) is 2.80. The van der Waals surface area contributed by atoms with Crippen LogP contribution in [0.1, 0.15) is 42.9 Å². The molecule has 2 aromatic rings. The summed E-state index contributed by atoms with van der Waals surface area (Å²) in [7, 11) is 0. The maximum atomic E-state index is 12.6. The number of amides is 2. The van der Waals surface area contributed by atoms with Gasteiger partial charge in [-0.1, -0.05) is 60.7 Å². The van der Waals surface area contributed by atoms with E-state index < -0.39 is 0 Å². The molecule has 0 unspecified atom stereocenters. The van der Waals surface area contributed by atoms with Gasteiger partial charge < -0.3 is 20.3 Å². The van der Waals surface area contributed by atoms with Crippen LogP contribution in [0, 0.1) is 0 Å². The molecule has 1 saturated heterocycles. The topological polar surface area (TPSA) is 70.7 Å². The van der Waals surface area contributed by atoms with E-state index in [1.54, 1.807) is 4.90 Å². The molecule has 2 N–H and O–H groups in total. The number of benzene rings is 2. The van der Waals surface area contributed by atoms with Gasteiger partial charge >= 0.3 is 6.09 Å². The van der Waals surface area contributed by atoms with Crippen LogP contribution in [0.5, 0.6) is 0 Å². The molecule has 1 aliphatic heterocycles. The van der Waals surface area contributed by atoms with Gasteiger partial charge in [0.05, 0.1) is 0 Å². The molecule has 6 nitrogen and oxygen atoms in total. The molecule has 0 saturated carbocycles. The van der Waals surface area contributed by atoms with Crippen LogP contribution in [0.25, 0.3) is 0 Å². The van der Waals surface area contributed by atoms with E-state index in [2.05, 4.69) is 10.6 Å². The zero-order chi connectivity index (χ0) is 21.0. The molecule has 160 valence electrons. The van der Waals surface area contributed by atoms with E-state index in [9.17, 15) is 9.59 Å². The number of rotatable bonds is 3. The Kier molecular flexibility index (Phi) is 8.72. The molecule has 1 aliphatic rings. The van der Waals surface area contributed by atoms with Gasteiger partial charge in [0, 0.05) is 32.1 Å². The maximum absolute atomic E-state index is 12.6. The highest BCUT2D eigenvalue weighted by atomic mass is 16.6. The van der Waals surface area contributed by atoms with Crippen LogP contribution in [-0.4, -0.2) is 43.1 Å². The van der Waals surface area contributed by atoms with Crippen LogP contribution < -0.4 is 10.6 Å². The lowest BCUT2D eigenvalue weighted by atomic mass is 10.0. The van der Waals surface area contributed by atoms with Gasteiger partial charge in [-0.15, -0.1) is 0 Å². The third-order valence-electron chi connectivity index (χ3n) is 5.23. The fourth-order valence-electron chi connectivity index (χ4n) is 3.56. The normalized spacial score (nSPS) is 19.0. The van der Waals surface area contributed by atoms with E-state index in [4.69, 9.17) is 4.74 Å². The Morgan fingerprint density at radius 1 is 0.933 bits per heavy atom. The lowest BCUT2D eigenvalue weighted by Gasteiger charge is -2.23. The van der Waals surface area contributed by atoms with Crippen molar-refractivity contribution in [1.82, 2.24) is 15.5 Å². The van der Waals surface area contributed by atoms with Crippen molar-refractivity contribution in [1.29, 1.82) is 0 Å². The second-order valence-corrected chi connectivity index (χ2v) is 7.56. The molecule has 0 aliphatic carbocycles.